The van der Waals surface area contributed by atoms with E-state index in [0.29, 0.717) is 16.1 Å². The summed E-state index contributed by atoms with van der Waals surface area (Å²) < 4.78 is 0.808. The molecule has 0 aliphatic heterocycles. The van der Waals surface area contributed by atoms with Gasteiger partial charge in [-0.1, -0.05) is 17.7 Å². The predicted molar refractivity (Wildman–Crippen MR) is 56.3 cm³/mol. The van der Waals surface area contributed by atoms with E-state index in [2.05, 4.69) is 6.07 Å². The van der Waals surface area contributed by atoms with Crippen molar-refractivity contribution < 1.29 is 0 Å². The Morgan fingerprint density at radius 3 is 2.50 bits per heavy atom. The van der Waals surface area contributed by atoms with Crippen LogP contribution in [-0.2, 0) is 0 Å². The monoisotopic (exact) mass is 218 g/mol. The molecule has 66 valence electrons. The Hall–Kier alpha value is -1.55. The number of nitriles is 2. The molecule has 0 aliphatic carbocycles. The quantitative estimate of drug-likeness (QED) is 0.681. The topological polar surface area (TPSA) is 47.6 Å². The van der Waals surface area contributed by atoms with E-state index < -0.39 is 0 Å². The minimum atomic E-state index is 0.441. The number of rotatable bonds is 0. The average Bonchev–Trinajstić information content (AvgIpc) is 2.62. The fraction of sp³-hybridized carbons (Fsp3) is 0. The van der Waals surface area contributed by atoms with Gasteiger partial charge in [-0.15, -0.1) is 11.3 Å². The highest BCUT2D eigenvalue weighted by Gasteiger charge is 2.09. The molecular formula is C10H3ClN2S. The van der Waals surface area contributed by atoms with Crippen molar-refractivity contribution in [3.8, 4) is 12.1 Å². The van der Waals surface area contributed by atoms with Crippen molar-refractivity contribution >= 4 is 33.0 Å². The van der Waals surface area contributed by atoms with Crippen LogP contribution in [0.15, 0.2) is 17.5 Å². The molecule has 0 radical (unpaired) electrons. The zero-order valence-corrected chi connectivity index (χ0v) is 8.49. The van der Waals surface area contributed by atoms with Gasteiger partial charge in [-0.05, 0) is 6.07 Å². The van der Waals surface area contributed by atoms with Crippen molar-refractivity contribution in [2.45, 2.75) is 0 Å². The average molecular weight is 219 g/mol. The maximum Gasteiger partial charge on any atom is 0.101 e. The first-order valence-electron chi connectivity index (χ1n) is 3.78. The van der Waals surface area contributed by atoms with Crippen LogP contribution in [-0.4, -0.2) is 0 Å². The number of thiophene rings is 1. The van der Waals surface area contributed by atoms with Gasteiger partial charge in [-0.25, -0.2) is 0 Å². The Kier molecular flexibility index (Phi) is 2.13. The van der Waals surface area contributed by atoms with Crippen LogP contribution in [0.25, 0.3) is 10.1 Å². The number of nitrogens with zero attached hydrogens (tertiary/aromatic N) is 2. The number of hydrogen-bond acceptors (Lipinski definition) is 3. The lowest BCUT2D eigenvalue weighted by molar-refractivity contribution is 1.50. The summed E-state index contributed by atoms with van der Waals surface area (Å²) in [5.41, 5.74) is 1.06. The molecule has 0 saturated carbocycles. The number of benzene rings is 1. The summed E-state index contributed by atoms with van der Waals surface area (Å²) in [5.74, 6) is 0. The lowest BCUT2D eigenvalue weighted by atomic mass is 10.1. The van der Waals surface area contributed by atoms with E-state index in [-0.39, 0.29) is 0 Å². The number of fused-ring (bicyclic) bond motifs is 1. The van der Waals surface area contributed by atoms with E-state index in [4.69, 9.17) is 22.1 Å². The van der Waals surface area contributed by atoms with Gasteiger partial charge in [-0.2, -0.15) is 10.5 Å². The molecule has 0 aliphatic rings. The van der Waals surface area contributed by atoms with Crippen LogP contribution in [0.4, 0.5) is 0 Å². The van der Waals surface area contributed by atoms with E-state index >= 15 is 0 Å². The molecule has 1 heterocycles. The summed E-state index contributed by atoms with van der Waals surface area (Å²) in [5, 5.41) is 20.5. The van der Waals surface area contributed by atoms with Gasteiger partial charge in [0.2, 0.25) is 0 Å². The van der Waals surface area contributed by atoms with E-state index in [0.717, 1.165) is 10.1 Å². The maximum absolute atomic E-state index is 8.79. The second-order valence-corrected chi connectivity index (χ2v) is 3.93. The molecule has 0 fully saturated rings. The lowest BCUT2D eigenvalue weighted by Gasteiger charge is -1.95. The summed E-state index contributed by atoms with van der Waals surface area (Å²) in [4.78, 5) is 0. The van der Waals surface area contributed by atoms with Crippen LogP contribution in [0.2, 0.25) is 5.02 Å². The molecule has 2 rings (SSSR count). The van der Waals surface area contributed by atoms with Gasteiger partial charge in [0.05, 0.1) is 20.8 Å². The highest BCUT2D eigenvalue weighted by molar-refractivity contribution is 7.18. The SMILES string of the molecule is N#Cc1ccc2c(C#N)csc2c1Cl. The predicted octanol–water partition coefficient (Wildman–Crippen LogP) is 3.30. The van der Waals surface area contributed by atoms with E-state index in [9.17, 15) is 0 Å². The van der Waals surface area contributed by atoms with Gasteiger partial charge in [0.15, 0.2) is 0 Å². The fourth-order valence-corrected chi connectivity index (χ4v) is 2.51. The van der Waals surface area contributed by atoms with Crippen molar-refractivity contribution in [2.75, 3.05) is 0 Å². The van der Waals surface area contributed by atoms with Crippen molar-refractivity contribution in [1.29, 1.82) is 10.5 Å². The zero-order valence-electron chi connectivity index (χ0n) is 6.91. The Balaban J connectivity index is 2.89. The standard InChI is InChI=1S/C10H3ClN2S/c11-9-6(3-12)1-2-8-7(4-13)5-14-10(8)9/h1-2,5H. The summed E-state index contributed by atoms with van der Waals surface area (Å²) in [6, 6.07) is 7.49. The molecule has 0 N–H and O–H groups in total. The zero-order chi connectivity index (χ0) is 10.1. The van der Waals surface area contributed by atoms with Crippen LogP contribution >= 0.6 is 22.9 Å². The molecule has 1 aromatic heterocycles. The molecule has 0 spiro atoms. The van der Waals surface area contributed by atoms with Crippen molar-refractivity contribution in [1.82, 2.24) is 0 Å². The largest absolute Gasteiger partial charge is 0.192 e. The molecule has 4 heteroatoms. The molecular weight excluding hydrogens is 216 g/mol. The van der Waals surface area contributed by atoms with Gasteiger partial charge in [-0.3, -0.25) is 0 Å². The first-order chi connectivity index (χ1) is 6.77. The van der Waals surface area contributed by atoms with Crippen molar-refractivity contribution in [3.63, 3.8) is 0 Å². The van der Waals surface area contributed by atoms with Crippen LogP contribution in [0, 0.1) is 22.7 Å². The third-order valence-corrected chi connectivity index (χ3v) is 3.44. The Morgan fingerprint density at radius 1 is 1.14 bits per heavy atom. The molecule has 0 unspecified atom stereocenters. The van der Waals surface area contributed by atoms with Crippen molar-refractivity contribution in [2.24, 2.45) is 0 Å². The number of halogens is 1. The molecule has 0 bridgehead atoms. The molecule has 14 heavy (non-hydrogen) atoms. The second-order valence-electron chi connectivity index (χ2n) is 2.68. The van der Waals surface area contributed by atoms with Gasteiger partial charge in [0.25, 0.3) is 0 Å². The highest BCUT2D eigenvalue weighted by Crippen LogP contribution is 2.33. The van der Waals surface area contributed by atoms with Crippen molar-refractivity contribution in [3.05, 3.63) is 33.7 Å². The lowest BCUT2D eigenvalue weighted by Crippen LogP contribution is -1.77. The summed E-state index contributed by atoms with van der Waals surface area (Å²) in [7, 11) is 0. The Labute approximate surface area is 89.6 Å². The van der Waals surface area contributed by atoms with E-state index in [1.165, 1.54) is 11.3 Å². The summed E-state index contributed by atoms with van der Waals surface area (Å²) in [6.45, 7) is 0. The van der Waals surface area contributed by atoms with E-state index in [1.807, 2.05) is 6.07 Å². The van der Waals surface area contributed by atoms with Crippen LogP contribution in [0.1, 0.15) is 11.1 Å². The fourth-order valence-electron chi connectivity index (χ4n) is 1.24. The first kappa shape index (κ1) is 9.02. The molecule has 0 saturated heterocycles. The molecule has 2 nitrogen and oxygen atoms in total. The van der Waals surface area contributed by atoms with E-state index in [1.54, 1.807) is 17.5 Å². The van der Waals surface area contributed by atoms with Gasteiger partial charge < -0.3 is 0 Å². The summed E-state index contributed by atoms with van der Waals surface area (Å²) >= 11 is 7.38. The number of hydrogen-bond donors (Lipinski definition) is 0. The van der Waals surface area contributed by atoms with Gasteiger partial charge >= 0.3 is 0 Å². The van der Waals surface area contributed by atoms with Crippen LogP contribution in [0.3, 0.4) is 0 Å². The minimum Gasteiger partial charge on any atom is -0.192 e. The minimum absolute atomic E-state index is 0.441. The molecule has 2 aromatic rings. The van der Waals surface area contributed by atoms with Crippen LogP contribution < -0.4 is 0 Å². The Morgan fingerprint density at radius 2 is 1.86 bits per heavy atom. The third kappa shape index (κ3) is 1.15. The van der Waals surface area contributed by atoms with Gasteiger partial charge in [0, 0.05) is 10.8 Å². The Bertz CT molecular complexity index is 586. The molecule has 0 atom stereocenters. The van der Waals surface area contributed by atoms with Gasteiger partial charge in [0.1, 0.15) is 12.1 Å². The highest BCUT2D eigenvalue weighted by atomic mass is 35.5. The second kappa shape index (κ2) is 3.31. The summed E-state index contributed by atoms with van der Waals surface area (Å²) in [6.07, 6.45) is 0. The normalized spacial score (nSPS) is 9.64. The molecule has 0 amide bonds. The molecule has 1 aromatic carbocycles. The first-order valence-corrected chi connectivity index (χ1v) is 5.03. The smallest absolute Gasteiger partial charge is 0.101 e. The third-order valence-electron chi connectivity index (χ3n) is 1.92. The van der Waals surface area contributed by atoms with Crippen LogP contribution in [0.5, 0.6) is 0 Å². The maximum atomic E-state index is 8.79.